The first-order valence-corrected chi connectivity index (χ1v) is 7.06. The smallest absolute Gasteiger partial charge is 0.229 e. The molecule has 0 bridgehead atoms. The molecule has 1 saturated heterocycles. The normalized spacial score (nSPS) is 24.4. The van der Waals surface area contributed by atoms with Crippen LogP contribution in [0.3, 0.4) is 0 Å². The van der Waals surface area contributed by atoms with Crippen LogP contribution in [-0.4, -0.2) is 24.9 Å². The SMILES string of the molecule is C[C@@H]1CNC[C@H]1C(=O)Nc1cc2c(cc1Cl)NC(=O)C2. The van der Waals surface area contributed by atoms with E-state index < -0.39 is 0 Å². The zero-order valence-electron chi connectivity index (χ0n) is 11.1. The Labute approximate surface area is 122 Å². The van der Waals surface area contributed by atoms with E-state index in [0.717, 1.165) is 17.8 Å². The molecule has 1 aromatic rings. The summed E-state index contributed by atoms with van der Waals surface area (Å²) in [6, 6.07) is 3.47. The minimum absolute atomic E-state index is 0.0263. The molecule has 2 aliphatic heterocycles. The van der Waals surface area contributed by atoms with Gasteiger partial charge in [0.1, 0.15) is 0 Å². The van der Waals surface area contributed by atoms with Crippen LogP contribution in [0.2, 0.25) is 5.02 Å². The Hall–Kier alpha value is -1.59. The molecular formula is C14H16ClN3O2. The molecule has 0 saturated carbocycles. The number of nitrogens with one attached hydrogen (secondary N) is 3. The van der Waals surface area contributed by atoms with Gasteiger partial charge in [0.05, 0.1) is 23.0 Å². The van der Waals surface area contributed by atoms with Gasteiger partial charge >= 0.3 is 0 Å². The van der Waals surface area contributed by atoms with Crippen molar-refractivity contribution in [3.8, 4) is 0 Å². The summed E-state index contributed by atoms with van der Waals surface area (Å²) in [6.45, 7) is 3.60. The molecule has 0 aromatic heterocycles. The second kappa shape index (κ2) is 5.07. The standard InChI is InChI=1S/C14H16ClN3O2/c1-7-5-16-6-9(7)14(20)18-12-2-8-3-13(19)17-11(8)4-10(12)15/h2,4,7,9,16H,3,5-6H2,1H3,(H,17,19)(H,18,20)/t7-,9-/m1/s1. The minimum Gasteiger partial charge on any atom is -0.325 e. The van der Waals surface area contributed by atoms with E-state index in [1.807, 2.05) is 0 Å². The van der Waals surface area contributed by atoms with Crippen molar-refractivity contribution >= 4 is 34.8 Å². The van der Waals surface area contributed by atoms with Crippen LogP contribution < -0.4 is 16.0 Å². The number of hydrogen-bond acceptors (Lipinski definition) is 3. The summed E-state index contributed by atoms with van der Waals surface area (Å²) in [5.74, 6) is 0.195. The predicted octanol–water partition coefficient (Wildman–Crippen LogP) is 1.63. The molecule has 0 spiro atoms. The van der Waals surface area contributed by atoms with Gasteiger partial charge in [-0.1, -0.05) is 18.5 Å². The van der Waals surface area contributed by atoms with Crippen molar-refractivity contribution in [2.45, 2.75) is 13.3 Å². The van der Waals surface area contributed by atoms with Crippen LogP contribution in [0.15, 0.2) is 12.1 Å². The number of carbonyl (C=O) groups excluding carboxylic acids is 2. The Morgan fingerprint density at radius 2 is 2.20 bits per heavy atom. The highest BCUT2D eigenvalue weighted by Gasteiger charge is 2.30. The minimum atomic E-state index is -0.0480. The number of amides is 2. The van der Waals surface area contributed by atoms with Crippen molar-refractivity contribution in [3.05, 3.63) is 22.7 Å². The number of fused-ring (bicyclic) bond motifs is 1. The van der Waals surface area contributed by atoms with E-state index in [2.05, 4.69) is 22.9 Å². The van der Waals surface area contributed by atoms with Gasteiger partial charge in [-0.05, 0) is 30.2 Å². The summed E-state index contributed by atoms with van der Waals surface area (Å²) in [5.41, 5.74) is 2.17. The van der Waals surface area contributed by atoms with E-state index in [-0.39, 0.29) is 17.7 Å². The van der Waals surface area contributed by atoms with Crippen LogP contribution >= 0.6 is 11.6 Å². The molecule has 0 unspecified atom stereocenters. The van der Waals surface area contributed by atoms with E-state index in [1.165, 1.54) is 0 Å². The first-order chi connectivity index (χ1) is 9.54. The molecule has 3 N–H and O–H groups in total. The number of rotatable bonds is 2. The van der Waals surface area contributed by atoms with E-state index in [1.54, 1.807) is 12.1 Å². The number of halogens is 1. The third kappa shape index (κ3) is 2.39. The molecule has 1 aromatic carbocycles. The van der Waals surface area contributed by atoms with Crippen LogP contribution in [0.1, 0.15) is 12.5 Å². The molecule has 106 valence electrons. The van der Waals surface area contributed by atoms with Crippen molar-refractivity contribution < 1.29 is 9.59 Å². The van der Waals surface area contributed by atoms with Gasteiger partial charge in [-0.25, -0.2) is 0 Å². The molecule has 0 aliphatic carbocycles. The van der Waals surface area contributed by atoms with Crippen LogP contribution in [0.4, 0.5) is 11.4 Å². The molecule has 1 fully saturated rings. The Bertz CT molecular complexity index is 588. The molecule has 2 heterocycles. The van der Waals surface area contributed by atoms with E-state index in [9.17, 15) is 9.59 Å². The van der Waals surface area contributed by atoms with Gasteiger partial charge in [-0.3, -0.25) is 9.59 Å². The maximum atomic E-state index is 12.2. The Morgan fingerprint density at radius 1 is 1.40 bits per heavy atom. The lowest BCUT2D eigenvalue weighted by Crippen LogP contribution is -2.28. The highest BCUT2D eigenvalue weighted by atomic mass is 35.5. The summed E-state index contributed by atoms with van der Waals surface area (Å²) in [6.07, 6.45) is 0.330. The second-order valence-electron chi connectivity index (χ2n) is 5.45. The van der Waals surface area contributed by atoms with Crippen LogP contribution in [0, 0.1) is 11.8 Å². The van der Waals surface area contributed by atoms with Gasteiger partial charge < -0.3 is 16.0 Å². The maximum Gasteiger partial charge on any atom is 0.229 e. The summed E-state index contributed by atoms with van der Waals surface area (Å²) in [4.78, 5) is 23.6. The summed E-state index contributed by atoms with van der Waals surface area (Å²) >= 11 is 6.16. The van der Waals surface area contributed by atoms with E-state index >= 15 is 0 Å². The van der Waals surface area contributed by atoms with Crippen molar-refractivity contribution in [1.29, 1.82) is 0 Å². The molecule has 2 aliphatic rings. The van der Waals surface area contributed by atoms with E-state index in [0.29, 0.717) is 29.6 Å². The fraction of sp³-hybridized carbons (Fsp3) is 0.429. The largest absolute Gasteiger partial charge is 0.325 e. The molecule has 2 amide bonds. The highest BCUT2D eigenvalue weighted by Crippen LogP contribution is 2.33. The van der Waals surface area contributed by atoms with Crippen molar-refractivity contribution in [1.82, 2.24) is 5.32 Å². The quantitative estimate of drug-likeness (QED) is 0.776. The van der Waals surface area contributed by atoms with Crippen molar-refractivity contribution in [2.24, 2.45) is 11.8 Å². The van der Waals surface area contributed by atoms with Crippen LogP contribution in [0.5, 0.6) is 0 Å². The number of benzene rings is 1. The van der Waals surface area contributed by atoms with Gasteiger partial charge in [-0.2, -0.15) is 0 Å². The fourth-order valence-corrected chi connectivity index (χ4v) is 2.94. The maximum absolute atomic E-state index is 12.2. The summed E-state index contributed by atoms with van der Waals surface area (Å²) in [5, 5.41) is 9.26. The van der Waals surface area contributed by atoms with E-state index in [4.69, 9.17) is 11.6 Å². The molecular weight excluding hydrogens is 278 g/mol. The zero-order chi connectivity index (χ0) is 14.3. The summed E-state index contributed by atoms with van der Waals surface area (Å²) < 4.78 is 0. The monoisotopic (exact) mass is 293 g/mol. The molecule has 20 heavy (non-hydrogen) atoms. The lowest BCUT2D eigenvalue weighted by atomic mass is 9.97. The first-order valence-electron chi connectivity index (χ1n) is 6.68. The lowest BCUT2D eigenvalue weighted by molar-refractivity contribution is -0.120. The van der Waals surface area contributed by atoms with Gasteiger partial charge in [-0.15, -0.1) is 0 Å². The van der Waals surface area contributed by atoms with Crippen molar-refractivity contribution in [2.75, 3.05) is 23.7 Å². The second-order valence-corrected chi connectivity index (χ2v) is 5.85. The molecule has 5 nitrogen and oxygen atoms in total. The van der Waals surface area contributed by atoms with Crippen LogP contribution in [-0.2, 0) is 16.0 Å². The molecule has 0 radical (unpaired) electrons. The molecule has 6 heteroatoms. The predicted molar refractivity (Wildman–Crippen MR) is 77.9 cm³/mol. The van der Waals surface area contributed by atoms with Gasteiger partial charge in [0.25, 0.3) is 0 Å². The average Bonchev–Trinajstić information content (AvgIpc) is 2.94. The zero-order valence-corrected chi connectivity index (χ0v) is 11.9. The molecule has 2 atom stereocenters. The lowest BCUT2D eigenvalue weighted by Gasteiger charge is -2.15. The van der Waals surface area contributed by atoms with Gasteiger partial charge in [0.15, 0.2) is 0 Å². The number of carbonyl (C=O) groups is 2. The number of anilines is 2. The van der Waals surface area contributed by atoms with Crippen molar-refractivity contribution in [3.63, 3.8) is 0 Å². The average molecular weight is 294 g/mol. The van der Waals surface area contributed by atoms with Gasteiger partial charge in [0, 0.05) is 12.2 Å². The van der Waals surface area contributed by atoms with Gasteiger partial charge in [0.2, 0.25) is 11.8 Å². The summed E-state index contributed by atoms with van der Waals surface area (Å²) in [7, 11) is 0. The Balaban J connectivity index is 1.79. The fourth-order valence-electron chi connectivity index (χ4n) is 2.73. The van der Waals surface area contributed by atoms with Crippen LogP contribution in [0.25, 0.3) is 0 Å². The number of hydrogen-bond donors (Lipinski definition) is 3. The highest BCUT2D eigenvalue weighted by molar-refractivity contribution is 6.34. The Kier molecular flexibility index (Phi) is 3.40. The Morgan fingerprint density at radius 3 is 2.90 bits per heavy atom. The topological polar surface area (TPSA) is 70.2 Å². The third-order valence-electron chi connectivity index (χ3n) is 3.93. The molecule has 3 rings (SSSR count). The third-order valence-corrected chi connectivity index (χ3v) is 4.24. The first kappa shape index (κ1) is 13.4.